The molecular formula is C16H25ClN2O2. The van der Waals surface area contributed by atoms with Crippen LogP contribution in [0.3, 0.4) is 0 Å². The number of benzene rings is 1. The zero-order valence-corrected chi connectivity index (χ0v) is 13.2. The molecule has 0 aromatic heterocycles. The molecule has 1 atom stereocenters. The second-order valence-corrected chi connectivity index (χ2v) is 5.34. The molecule has 0 bridgehead atoms. The van der Waals surface area contributed by atoms with Gasteiger partial charge in [-0.2, -0.15) is 0 Å². The van der Waals surface area contributed by atoms with Gasteiger partial charge in [-0.05, 0) is 37.4 Å². The molecule has 0 aliphatic carbocycles. The lowest BCUT2D eigenvalue weighted by Gasteiger charge is -2.26. The Balaban J connectivity index is 0.00000220. The summed E-state index contributed by atoms with van der Waals surface area (Å²) in [5, 5.41) is 3.06. The number of nitrogens with one attached hydrogen (secondary N) is 1. The van der Waals surface area contributed by atoms with Crippen LogP contribution in [0.4, 0.5) is 0 Å². The maximum atomic E-state index is 11.9. The predicted molar refractivity (Wildman–Crippen MR) is 87.0 cm³/mol. The molecule has 1 unspecified atom stereocenters. The van der Waals surface area contributed by atoms with Crippen molar-refractivity contribution in [3.05, 3.63) is 29.8 Å². The molecule has 1 amide bonds. The zero-order valence-electron chi connectivity index (χ0n) is 12.3. The zero-order chi connectivity index (χ0) is 14.2. The number of hydrogen-bond acceptors (Lipinski definition) is 3. The number of ether oxygens (including phenoxy) is 1. The van der Waals surface area contributed by atoms with E-state index in [1.54, 1.807) is 0 Å². The minimum Gasteiger partial charge on any atom is -0.491 e. The van der Waals surface area contributed by atoms with Crippen molar-refractivity contribution in [1.29, 1.82) is 0 Å². The summed E-state index contributed by atoms with van der Waals surface area (Å²) in [7, 11) is 0. The van der Waals surface area contributed by atoms with E-state index in [9.17, 15) is 4.79 Å². The Morgan fingerprint density at radius 2 is 2.00 bits per heavy atom. The summed E-state index contributed by atoms with van der Waals surface area (Å²) in [6.07, 6.45) is 5.64. The molecule has 2 rings (SSSR count). The molecule has 1 aliphatic heterocycles. The van der Waals surface area contributed by atoms with E-state index in [2.05, 4.69) is 11.4 Å². The van der Waals surface area contributed by atoms with Crippen LogP contribution in [0.15, 0.2) is 24.3 Å². The fraction of sp³-hybridized carbons (Fsp3) is 0.562. The number of amides is 1. The molecule has 3 N–H and O–H groups in total. The Labute approximate surface area is 132 Å². The third kappa shape index (κ3) is 5.94. The van der Waals surface area contributed by atoms with Crippen molar-refractivity contribution in [2.75, 3.05) is 13.2 Å². The molecule has 1 aromatic rings. The van der Waals surface area contributed by atoms with E-state index >= 15 is 0 Å². The summed E-state index contributed by atoms with van der Waals surface area (Å²) in [4.78, 5) is 11.9. The van der Waals surface area contributed by atoms with Crippen LogP contribution in [0.1, 0.15) is 37.7 Å². The lowest BCUT2D eigenvalue weighted by atomic mass is 10.0. The molecule has 1 aliphatic rings. The van der Waals surface area contributed by atoms with E-state index < -0.39 is 0 Å². The SMILES string of the molecule is Cl.NCCCCCCC(=O)NC1COc2ccccc2C1. The van der Waals surface area contributed by atoms with Gasteiger partial charge in [-0.1, -0.05) is 31.0 Å². The van der Waals surface area contributed by atoms with Crippen LogP contribution >= 0.6 is 12.4 Å². The lowest BCUT2D eigenvalue weighted by Crippen LogP contribution is -2.42. The van der Waals surface area contributed by atoms with Crippen LogP contribution < -0.4 is 15.8 Å². The van der Waals surface area contributed by atoms with Crippen molar-refractivity contribution in [3.63, 3.8) is 0 Å². The standard InChI is InChI=1S/C16H24N2O2.ClH/c17-10-6-2-1-3-9-16(19)18-14-11-13-7-4-5-8-15(13)20-12-14;/h4-5,7-8,14H,1-3,6,9-12,17H2,(H,18,19);1H. The average molecular weight is 313 g/mol. The van der Waals surface area contributed by atoms with Gasteiger partial charge in [0.2, 0.25) is 5.91 Å². The number of carbonyl (C=O) groups is 1. The third-order valence-electron chi connectivity index (χ3n) is 3.60. The second kappa shape index (κ2) is 9.64. The number of rotatable bonds is 7. The maximum absolute atomic E-state index is 11.9. The number of carbonyl (C=O) groups excluding carboxylic acids is 1. The van der Waals surface area contributed by atoms with Gasteiger partial charge in [-0.3, -0.25) is 4.79 Å². The first kappa shape index (κ1) is 17.8. The normalized spacial score (nSPS) is 16.3. The highest BCUT2D eigenvalue weighted by molar-refractivity contribution is 5.85. The Morgan fingerprint density at radius 3 is 2.81 bits per heavy atom. The Morgan fingerprint density at radius 1 is 1.24 bits per heavy atom. The summed E-state index contributed by atoms with van der Waals surface area (Å²) >= 11 is 0. The van der Waals surface area contributed by atoms with Gasteiger partial charge in [-0.15, -0.1) is 12.4 Å². The van der Waals surface area contributed by atoms with Gasteiger partial charge < -0.3 is 15.8 Å². The first-order valence-electron chi connectivity index (χ1n) is 7.49. The topological polar surface area (TPSA) is 64.4 Å². The smallest absolute Gasteiger partial charge is 0.220 e. The van der Waals surface area contributed by atoms with E-state index in [1.807, 2.05) is 18.2 Å². The van der Waals surface area contributed by atoms with Crippen molar-refractivity contribution in [3.8, 4) is 5.75 Å². The first-order valence-corrected chi connectivity index (χ1v) is 7.49. The van der Waals surface area contributed by atoms with E-state index in [-0.39, 0.29) is 24.4 Å². The molecule has 0 saturated carbocycles. The van der Waals surface area contributed by atoms with E-state index in [4.69, 9.17) is 10.5 Å². The molecule has 4 nitrogen and oxygen atoms in total. The van der Waals surface area contributed by atoms with Gasteiger partial charge in [0.15, 0.2) is 0 Å². The highest BCUT2D eigenvalue weighted by atomic mass is 35.5. The Bertz CT molecular complexity index is 440. The fourth-order valence-electron chi connectivity index (χ4n) is 2.50. The van der Waals surface area contributed by atoms with Crippen molar-refractivity contribution >= 4 is 18.3 Å². The lowest BCUT2D eigenvalue weighted by molar-refractivity contribution is -0.122. The second-order valence-electron chi connectivity index (χ2n) is 5.34. The van der Waals surface area contributed by atoms with E-state index in [0.29, 0.717) is 13.0 Å². The molecule has 0 fully saturated rings. The van der Waals surface area contributed by atoms with Crippen LogP contribution in [-0.2, 0) is 11.2 Å². The molecule has 5 heteroatoms. The number of halogens is 1. The number of hydrogen-bond donors (Lipinski definition) is 2. The van der Waals surface area contributed by atoms with Gasteiger partial charge in [-0.25, -0.2) is 0 Å². The number of para-hydroxylation sites is 1. The number of fused-ring (bicyclic) bond motifs is 1. The molecular weight excluding hydrogens is 288 g/mol. The third-order valence-corrected chi connectivity index (χ3v) is 3.60. The van der Waals surface area contributed by atoms with Gasteiger partial charge in [0.25, 0.3) is 0 Å². The van der Waals surface area contributed by atoms with Crippen molar-refractivity contribution < 1.29 is 9.53 Å². The average Bonchev–Trinajstić information content (AvgIpc) is 2.47. The number of unbranched alkanes of at least 4 members (excludes halogenated alkanes) is 3. The number of nitrogens with two attached hydrogens (primary N) is 1. The summed E-state index contributed by atoms with van der Waals surface area (Å²) in [6, 6.07) is 8.11. The minimum atomic E-state index is 0. The van der Waals surface area contributed by atoms with Gasteiger partial charge in [0.05, 0.1) is 6.04 Å². The minimum absolute atomic E-state index is 0. The summed E-state index contributed by atoms with van der Waals surface area (Å²) in [6.45, 7) is 1.31. The van der Waals surface area contributed by atoms with Crippen molar-refractivity contribution in [2.24, 2.45) is 5.73 Å². The molecule has 1 aromatic carbocycles. The summed E-state index contributed by atoms with van der Waals surface area (Å²) in [5.41, 5.74) is 6.61. The van der Waals surface area contributed by atoms with Crippen molar-refractivity contribution in [1.82, 2.24) is 5.32 Å². The van der Waals surface area contributed by atoms with E-state index in [1.165, 1.54) is 5.56 Å². The van der Waals surface area contributed by atoms with Crippen LogP contribution in [0.25, 0.3) is 0 Å². The quantitative estimate of drug-likeness (QED) is 0.760. The van der Waals surface area contributed by atoms with Crippen LogP contribution in [0.5, 0.6) is 5.75 Å². The first-order chi connectivity index (χ1) is 9.79. The Kier molecular flexibility index (Phi) is 8.16. The largest absolute Gasteiger partial charge is 0.491 e. The Hall–Kier alpha value is -1.26. The highest BCUT2D eigenvalue weighted by Gasteiger charge is 2.20. The monoisotopic (exact) mass is 312 g/mol. The molecule has 21 heavy (non-hydrogen) atoms. The highest BCUT2D eigenvalue weighted by Crippen LogP contribution is 2.23. The van der Waals surface area contributed by atoms with Crippen LogP contribution in [0, 0.1) is 0 Å². The molecule has 0 radical (unpaired) electrons. The van der Waals surface area contributed by atoms with Gasteiger partial charge in [0, 0.05) is 6.42 Å². The van der Waals surface area contributed by atoms with Crippen LogP contribution in [0.2, 0.25) is 0 Å². The maximum Gasteiger partial charge on any atom is 0.220 e. The van der Waals surface area contributed by atoms with Crippen LogP contribution in [-0.4, -0.2) is 25.1 Å². The summed E-state index contributed by atoms with van der Waals surface area (Å²) in [5.74, 6) is 1.07. The molecule has 0 spiro atoms. The van der Waals surface area contributed by atoms with Gasteiger partial charge >= 0.3 is 0 Å². The molecule has 118 valence electrons. The van der Waals surface area contributed by atoms with Crippen molar-refractivity contribution in [2.45, 2.75) is 44.6 Å². The van der Waals surface area contributed by atoms with E-state index in [0.717, 1.165) is 44.4 Å². The fourth-order valence-corrected chi connectivity index (χ4v) is 2.50. The summed E-state index contributed by atoms with van der Waals surface area (Å²) < 4.78 is 5.67. The molecule has 1 heterocycles. The predicted octanol–water partition coefficient (Wildman–Crippen LogP) is 2.44. The molecule has 0 saturated heterocycles. The van der Waals surface area contributed by atoms with Gasteiger partial charge in [0.1, 0.15) is 12.4 Å².